The van der Waals surface area contributed by atoms with Crippen LogP contribution in [-0.2, 0) is 17.8 Å². The van der Waals surface area contributed by atoms with Crippen LogP contribution in [0.1, 0.15) is 11.3 Å². The average molecular weight is 386 g/mol. The van der Waals surface area contributed by atoms with Gasteiger partial charge in [0.2, 0.25) is 5.91 Å². The van der Waals surface area contributed by atoms with Gasteiger partial charge in [-0.1, -0.05) is 71.9 Å². The Hall–Kier alpha value is -3.73. The number of aromatic nitrogens is 1. The van der Waals surface area contributed by atoms with Crippen LogP contribution in [0.15, 0.2) is 89.5 Å². The zero-order chi connectivity index (χ0) is 20.1. The largest absolute Gasteiger partial charge is 0.356 e. The van der Waals surface area contributed by atoms with Crippen molar-refractivity contribution in [1.29, 1.82) is 0 Å². The fourth-order valence-electron chi connectivity index (χ4n) is 3.07. The monoisotopic (exact) mass is 386 g/mol. The van der Waals surface area contributed by atoms with E-state index in [9.17, 15) is 9.18 Å². The molecule has 0 radical (unpaired) electrons. The van der Waals surface area contributed by atoms with Crippen LogP contribution in [0, 0.1) is 5.82 Å². The summed E-state index contributed by atoms with van der Waals surface area (Å²) < 4.78 is 19.0. The van der Waals surface area contributed by atoms with Crippen LogP contribution < -0.4 is 5.32 Å². The van der Waals surface area contributed by atoms with E-state index < -0.39 is 0 Å². The number of nitrogens with zero attached hydrogens (tertiary/aromatic N) is 1. The molecule has 0 spiro atoms. The molecule has 144 valence electrons. The Morgan fingerprint density at radius 3 is 2.34 bits per heavy atom. The van der Waals surface area contributed by atoms with Crippen molar-refractivity contribution in [3.63, 3.8) is 0 Å². The summed E-state index contributed by atoms with van der Waals surface area (Å²) in [4.78, 5) is 12.2. The quantitative estimate of drug-likeness (QED) is 0.507. The summed E-state index contributed by atoms with van der Waals surface area (Å²) in [5.74, 6) is -0.157. The number of hydrogen-bond acceptors (Lipinski definition) is 3. The highest BCUT2D eigenvalue weighted by molar-refractivity contribution is 5.78. The summed E-state index contributed by atoms with van der Waals surface area (Å²) in [5.41, 5.74) is 4.06. The Bertz CT molecular complexity index is 1110. The maximum atomic E-state index is 13.8. The molecule has 0 aliphatic rings. The van der Waals surface area contributed by atoms with Crippen molar-refractivity contribution in [1.82, 2.24) is 10.5 Å². The van der Waals surface area contributed by atoms with Gasteiger partial charge in [-0.05, 0) is 28.8 Å². The fourth-order valence-corrected chi connectivity index (χ4v) is 3.07. The van der Waals surface area contributed by atoms with E-state index in [-0.39, 0.29) is 24.7 Å². The minimum Gasteiger partial charge on any atom is -0.356 e. The van der Waals surface area contributed by atoms with E-state index in [1.807, 2.05) is 42.5 Å². The number of carbonyl (C=O) groups excluding carboxylic acids is 1. The van der Waals surface area contributed by atoms with Crippen molar-refractivity contribution in [3.05, 3.63) is 102 Å². The zero-order valence-corrected chi connectivity index (χ0v) is 15.6. The highest BCUT2D eigenvalue weighted by Gasteiger charge is 2.12. The van der Waals surface area contributed by atoms with Gasteiger partial charge in [0.25, 0.3) is 0 Å². The zero-order valence-electron chi connectivity index (χ0n) is 15.6. The number of nitrogens with one attached hydrogen (secondary N) is 1. The van der Waals surface area contributed by atoms with E-state index in [2.05, 4.69) is 22.6 Å². The van der Waals surface area contributed by atoms with Crippen molar-refractivity contribution >= 4 is 5.91 Å². The summed E-state index contributed by atoms with van der Waals surface area (Å²) in [5, 5.41) is 6.72. The molecule has 29 heavy (non-hydrogen) atoms. The lowest BCUT2D eigenvalue weighted by Gasteiger charge is -2.05. The molecule has 0 bridgehead atoms. The van der Waals surface area contributed by atoms with E-state index in [4.69, 9.17) is 4.52 Å². The van der Waals surface area contributed by atoms with Gasteiger partial charge < -0.3 is 9.84 Å². The second kappa shape index (κ2) is 8.52. The number of rotatable bonds is 6. The van der Waals surface area contributed by atoms with Crippen molar-refractivity contribution < 1.29 is 13.7 Å². The second-order valence-corrected chi connectivity index (χ2v) is 6.68. The molecular weight excluding hydrogens is 367 g/mol. The molecule has 0 saturated heterocycles. The minimum absolute atomic E-state index is 0.118. The standard InChI is InChI=1S/C24H19FN2O2/c25-22-9-5-4-8-21(22)23-15-20(27-29-23)16-26-24(28)14-17-10-12-19(13-11-17)18-6-2-1-3-7-18/h1-13,15H,14,16H2,(H,26,28). The summed E-state index contributed by atoms with van der Waals surface area (Å²) in [6.45, 7) is 0.221. The Balaban J connectivity index is 1.33. The molecule has 0 fully saturated rings. The van der Waals surface area contributed by atoms with Crippen molar-refractivity contribution in [3.8, 4) is 22.5 Å². The summed E-state index contributed by atoms with van der Waals surface area (Å²) >= 11 is 0. The molecule has 1 amide bonds. The predicted molar refractivity (Wildman–Crippen MR) is 109 cm³/mol. The molecule has 1 heterocycles. The Morgan fingerprint density at radius 2 is 1.59 bits per heavy atom. The van der Waals surface area contributed by atoms with E-state index in [0.717, 1.165) is 16.7 Å². The maximum absolute atomic E-state index is 13.8. The van der Waals surface area contributed by atoms with Gasteiger partial charge in [0.1, 0.15) is 11.5 Å². The van der Waals surface area contributed by atoms with Crippen molar-refractivity contribution in [2.24, 2.45) is 0 Å². The third kappa shape index (κ3) is 4.58. The van der Waals surface area contributed by atoms with Gasteiger partial charge in [-0.3, -0.25) is 4.79 Å². The molecule has 1 N–H and O–H groups in total. The third-order valence-electron chi connectivity index (χ3n) is 4.59. The summed E-state index contributed by atoms with van der Waals surface area (Å²) in [6.07, 6.45) is 0.271. The first-order valence-electron chi connectivity index (χ1n) is 9.30. The van der Waals surface area contributed by atoms with Crippen molar-refractivity contribution in [2.75, 3.05) is 0 Å². The molecule has 0 atom stereocenters. The number of carbonyl (C=O) groups is 1. The first-order valence-corrected chi connectivity index (χ1v) is 9.30. The van der Waals surface area contributed by atoms with Crippen LogP contribution in [0.25, 0.3) is 22.5 Å². The van der Waals surface area contributed by atoms with Crippen LogP contribution in [0.2, 0.25) is 0 Å². The Kier molecular flexibility index (Phi) is 5.47. The Morgan fingerprint density at radius 1 is 0.897 bits per heavy atom. The van der Waals surface area contributed by atoms with Gasteiger partial charge in [-0.25, -0.2) is 4.39 Å². The molecule has 0 saturated carbocycles. The maximum Gasteiger partial charge on any atom is 0.224 e. The first-order chi connectivity index (χ1) is 14.2. The molecule has 0 aliphatic heterocycles. The lowest BCUT2D eigenvalue weighted by atomic mass is 10.0. The van der Waals surface area contributed by atoms with Crippen LogP contribution in [0.5, 0.6) is 0 Å². The molecular formula is C24H19FN2O2. The van der Waals surface area contributed by atoms with E-state index >= 15 is 0 Å². The molecule has 0 unspecified atom stereocenters. The molecule has 5 heteroatoms. The molecule has 4 nitrogen and oxygen atoms in total. The van der Waals surface area contributed by atoms with Crippen LogP contribution in [-0.4, -0.2) is 11.1 Å². The molecule has 1 aromatic heterocycles. The van der Waals surface area contributed by atoms with Crippen molar-refractivity contribution in [2.45, 2.75) is 13.0 Å². The fraction of sp³-hybridized carbons (Fsp3) is 0.0833. The van der Waals surface area contributed by atoms with E-state index in [1.54, 1.807) is 24.3 Å². The van der Waals surface area contributed by atoms with Gasteiger partial charge >= 0.3 is 0 Å². The minimum atomic E-state index is -0.377. The molecule has 4 aromatic rings. The topological polar surface area (TPSA) is 55.1 Å². The van der Waals surface area contributed by atoms with Gasteiger partial charge in [0.05, 0.1) is 18.5 Å². The van der Waals surface area contributed by atoms with Gasteiger partial charge in [-0.15, -0.1) is 0 Å². The smallest absolute Gasteiger partial charge is 0.224 e. The normalized spacial score (nSPS) is 10.7. The van der Waals surface area contributed by atoms with Gasteiger partial charge in [-0.2, -0.15) is 0 Å². The van der Waals surface area contributed by atoms with Gasteiger partial charge in [0, 0.05) is 6.07 Å². The number of amides is 1. The second-order valence-electron chi connectivity index (χ2n) is 6.68. The highest BCUT2D eigenvalue weighted by atomic mass is 19.1. The lowest BCUT2D eigenvalue weighted by molar-refractivity contribution is -0.120. The third-order valence-corrected chi connectivity index (χ3v) is 4.59. The Labute approximate surface area is 168 Å². The van der Waals surface area contributed by atoms with Gasteiger partial charge in [0.15, 0.2) is 5.76 Å². The van der Waals surface area contributed by atoms with Crippen LogP contribution in [0.3, 0.4) is 0 Å². The molecule has 3 aromatic carbocycles. The molecule has 4 rings (SSSR count). The first kappa shape index (κ1) is 18.6. The van der Waals surface area contributed by atoms with E-state index in [1.165, 1.54) is 6.07 Å². The lowest BCUT2D eigenvalue weighted by Crippen LogP contribution is -2.24. The highest BCUT2D eigenvalue weighted by Crippen LogP contribution is 2.23. The SMILES string of the molecule is O=C(Cc1ccc(-c2ccccc2)cc1)NCc1cc(-c2ccccc2F)on1. The number of benzene rings is 3. The summed E-state index contributed by atoms with van der Waals surface area (Å²) in [7, 11) is 0. The summed E-state index contributed by atoms with van der Waals surface area (Å²) in [6, 6.07) is 26.0. The number of halogens is 1. The van der Waals surface area contributed by atoms with E-state index in [0.29, 0.717) is 17.0 Å². The molecule has 0 aliphatic carbocycles. The van der Waals surface area contributed by atoms with Crippen LogP contribution >= 0.6 is 0 Å². The average Bonchev–Trinajstić information content (AvgIpc) is 3.23. The van der Waals surface area contributed by atoms with Crippen LogP contribution in [0.4, 0.5) is 4.39 Å². The predicted octanol–water partition coefficient (Wildman–Crippen LogP) is 5.01. The number of hydrogen-bond donors (Lipinski definition) is 1.